The molecule has 0 unspecified atom stereocenters. The molecule has 1 fully saturated rings. The first-order valence-electron chi connectivity index (χ1n) is 7.13. The van der Waals surface area contributed by atoms with Crippen molar-refractivity contribution < 1.29 is 27.5 Å². The number of carbonyl (C=O) groups is 1. The van der Waals surface area contributed by atoms with Crippen molar-refractivity contribution in [2.45, 2.75) is 38.0 Å². The smallest absolute Gasteiger partial charge is 0.424 e. The van der Waals surface area contributed by atoms with Crippen LogP contribution in [0.25, 0.3) is 0 Å². The largest absolute Gasteiger partial charge is 0.463 e. The van der Waals surface area contributed by atoms with Crippen LogP contribution in [0.2, 0.25) is 0 Å². The van der Waals surface area contributed by atoms with Crippen LogP contribution in [0.15, 0.2) is 16.5 Å². The number of amides is 2. The molecular formula is C14H19F3N2O3. The molecule has 1 aromatic heterocycles. The molecule has 0 aromatic carbocycles. The average Bonchev–Trinajstić information content (AvgIpc) is 3.07. The molecule has 2 rings (SSSR count). The number of halogens is 3. The lowest BCUT2D eigenvalue weighted by Gasteiger charge is -2.29. The van der Waals surface area contributed by atoms with Crippen LogP contribution in [-0.4, -0.2) is 41.8 Å². The lowest BCUT2D eigenvalue weighted by Crippen LogP contribution is -2.46. The predicted molar refractivity (Wildman–Crippen MR) is 72.2 cm³/mol. The zero-order valence-electron chi connectivity index (χ0n) is 12.2. The summed E-state index contributed by atoms with van der Waals surface area (Å²) < 4.78 is 44.5. The molecule has 5 nitrogen and oxygen atoms in total. The van der Waals surface area contributed by atoms with E-state index in [9.17, 15) is 23.1 Å². The van der Waals surface area contributed by atoms with Crippen molar-refractivity contribution in [1.29, 1.82) is 0 Å². The zero-order valence-corrected chi connectivity index (χ0v) is 12.2. The fourth-order valence-corrected chi connectivity index (χ4v) is 2.44. The molecule has 1 aliphatic rings. The minimum Gasteiger partial charge on any atom is -0.463 e. The Labute approximate surface area is 126 Å². The van der Waals surface area contributed by atoms with Gasteiger partial charge in [-0.15, -0.1) is 0 Å². The SMILES string of the molecule is Cc1ccc([C@@](O)(CCNC(=O)N2CCCC2)C(F)(F)F)o1. The number of alkyl halides is 3. The van der Waals surface area contributed by atoms with E-state index in [1.165, 1.54) is 13.0 Å². The van der Waals surface area contributed by atoms with Gasteiger partial charge in [-0.1, -0.05) is 0 Å². The van der Waals surface area contributed by atoms with Gasteiger partial charge in [0.25, 0.3) is 0 Å². The van der Waals surface area contributed by atoms with Crippen LogP contribution < -0.4 is 5.32 Å². The van der Waals surface area contributed by atoms with Crippen LogP contribution in [0, 0.1) is 6.92 Å². The minimum absolute atomic E-state index is 0.277. The highest BCUT2D eigenvalue weighted by Crippen LogP contribution is 2.42. The Bertz CT molecular complexity index is 524. The van der Waals surface area contributed by atoms with E-state index < -0.39 is 30.0 Å². The average molecular weight is 320 g/mol. The van der Waals surface area contributed by atoms with Gasteiger partial charge in [-0.05, 0) is 31.9 Å². The Morgan fingerprint density at radius 2 is 2.00 bits per heavy atom. The summed E-state index contributed by atoms with van der Waals surface area (Å²) >= 11 is 0. The number of hydrogen-bond acceptors (Lipinski definition) is 3. The first-order valence-corrected chi connectivity index (χ1v) is 7.13. The lowest BCUT2D eigenvalue weighted by atomic mass is 9.96. The van der Waals surface area contributed by atoms with Gasteiger partial charge in [0.05, 0.1) is 0 Å². The molecule has 2 amide bonds. The third-order valence-electron chi connectivity index (χ3n) is 3.77. The summed E-state index contributed by atoms with van der Waals surface area (Å²) in [5.74, 6) is -0.285. The van der Waals surface area contributed by atoms with Crippen LogP contribution in [0.5, 0.6) is 0 Å². The molecule has 0 spiro atoms. The number of hydrogen-bond donors (Lipinski definition) is 2. The van der Waals surface area contributed by atoms with Gasteiger partial charge in [0.1, 0.15) is 11.5 Å². The van der Waals surface area contributed by atoms with Crippen LogP contribution in [-0.2, 0) is 5.60 Å². The molecule has 0 bridgehead atoms. The maximum Gasteiger partial charge on any atom is 0.424 e. The topological polar surface area (TPSA) is 65.7 Å². The summed E-state index contributed by atoms with van der Waals surface area (Å²) in [5, 5.41) is 12.4. The maximum atomic E-state index is 13.2. The molecule has 1 aliphatic heterocycles. The molecular weight excluding hydrogens is 301 g/mol. The van der Waals surface area contributed by atoms with Crippen molar-refractivity contribution in [3.63, 3.8) is 0 Å². The van der Waals surface area contributed by atoms with Gasteiger partial charge in [-0.25, -0.2) is 4.79 Å². The van der Waals surface area contributed by atoms with Crippen molar-refractivity contribution >= 4 is 6.03 Å². The normalized spacial score (nSPS) is 18.3. The highest BCUT2D eigenvalue weighted by Gasteiger charge is 2.56. The third kappa shape index (κ3) is 3.37. The molecule has 22 heavy (non-hydrogen) atoms. The van der Waals surface area contributed by atoms with Crippen molar-refractivity contribution in [2.24, 2.45) is 0 Å². The number of rotatable bonds is 4. The summed E-state index contributed by atoms with van der Waals surface area (Å²) in [6, 6.07) is 2.05. The van der Waals surface area contributed by atoms with Crippen molar-refractivity contribution in [1.82, 2.24) is 10.2 Å². The first kappa shape index (κ1) is 16.7. The summed E-state index contributed by atoms with van der Waals surface area (Å²) in [5.41, 5.74) is -3.11. The number of urea groups is 1. The fraction of sp³-hybridized carbons (Fsp3) is 0.643. The van der Waals surface area contributed by atoms with E-state index >= 15 is 0 Å². The van der Waals surface area contributed by atoms with Gasteiger partial charge >= 0.3 is 12.2 Å². The Balaban J connectivity index is 2.00. The Kier molecular flexibility index (Phi) is 4.69. The van der Waals surface area contributed by atoms with E-state index in [2.05, 4.69) is 5.32 Å². The molecule has 2 heterocycles. The fourth-order valence-electron chi connectivity index (χ4n) is 2.44. The Morgan fingerprint density at radius 1 is 1.36 bits per heavy atom. The molecule has 2 N–H and O–H groups in total. The van der Waals surface area contributed by atoms with Crippen LogP contribution in [0.4, 0.5) is 18.0 Å². The van der Waals surface area contributed by atoms with E-state index in [1.54, 1.807) is 4.90 Å². The van der Waals surface area contributed by atoms with Crippen LogP contribution in [0.3, 0.4) is 0 Å². The monoisotopic (exact) mass is 320 g/mol. The molecule has 1 saturated heterocycles. The molecule has 8 heteroatoms. The van der Waals surface area contributed by atoms with E-state index in [0.717, 1.165) is 18.9 Å². The predicted octanol–water partition coefficient (Wildman–Crippen LogP) is 2.53. The van der Waals surface area contributed by atoms with E-state index in [1.807, 2.05) is 0 Å². The highest BCUT2D eigenvalue weighted by molar-refractivity contribution is 5.74. The van der Waals surface area contributed by atoms with Gasteiger partial charge in [0.15, 0.2) is 0 Å². The first-order chi connectivity index (χ1) is 10.2. The number of carbonyl (C=O) groups excluding carboxylic acids is 1. The molecule has 1 atom stereocenters. The number of aliphatic hydroxyl groups is 1. The van der Waals surface area contributed by atoms with Crippen molar-refractivity contribution in [3.8, 4) is 0 Å². The molecule has 124 valence electrons. The van der Waals surface area contributed by atoms with Gasteiger partial charge in [0.2, 0.25) is 5.60 Å². The quantitative estimate of drug-likeness (QED) is 0.896. The Morgan fingerprint density at radius 3 is 2.50 bits per heavy atom. The van der Waals surface area contributed by atoms with Gasteiger partial charge in [0, 0.05) is 26.1 Å². The van der Waals surface area contributed by atoms with E-state index in [-0.39, 0.29) is 12.3 Å². The molecule has 1 aromatic rings. The number of nitrogens with one attached hydrogen (secondary N) is 1. The molecule has 0 radical (unpaired) electrons. The van der Waals surface area contributed by atoms with Crippen molar-refractivity contribution in [2.75, 3.05) is 19.6 Å². The van der Waals surface area contributed by atoms with Gasteiger partial charge in [-0.2, -0.15) is 13.2 Å². The van der Waals surface area contributed by atoms with E-state index in [4.69, 9.17) is 4.42 Å². The maximum absolute atomic E-state index is 13.2. The second-order valence-electron chi connectivity index (χ2n) is 5.44. The summed E-state index contributed by atoms with van der Waals surface area (Å²) in [4.78, 5) is 13.3. The van der Waals surface area contributed by atoms with Crippen molar-refractivity contribution in [3.05, 3.63) is 23.7 Å². The van der Waals surface area contributed by atoms with Crippen LogP contribution in [0.1, 0.15) is 30.8 Å². The van der Waals surface area contributed by atoms with Crippen LogP contribution >= 0.6 is 0 Å². The minimum atomic E-state index is -4.89. The van der Waals surface area contributed by atoms with E-state index in [0.29, 0.717) is 13.1 Å². The second kappa shape index (κ2) is 6.20. The zero-order chi connectivity index (χ0) is 16.4. The summed E-state index contributed by atoms with van der Waals surface area (Å²) in [6.07, 6.45) is -3.81. The third-order valence-corrected chi connectivity index (χ3v) is 3.77. The van der Waals surface area contributed by atoms with Gasteiger partial charge < -0.3 is 19.7 Å². The number of likely N-dealkylation sites (tertiary alicyclic amines) is 1. The number of nitrogens with zero attached hydrogens (tertiary/aromatic N) is 1. The lowest BCUT2D eigenvalue weighted by molar-refractivity contribution is -0.274. The highest BCUT2D eigenvalue weighted by atomic mass is 19.4. The second-order valence-corrected chi connectivity index (χ2v) is 5.44. The standard InChI is InChI=1S/C14H19F3N2O3/c1-10-4-5-11(22-10)13(21,14(15,16)17)6-7-18-12(20)19-8-2-3-9-19/h4-5,21H,2-3,6-9H2,1H3,(H,18,20)/t13-/m0/s1. The molecule has 0 aliphatic carbocycles. The number of aryl methyl sites for hydroxylation is 1. The molecule has 0 saturated carbocycles. The summed E-state index contributed by atoms with van der Waals surface area (Å²) in [7, 11) is 0. The summed E-state index contributed by atoms with van der Waals surface area (Å²) in [6.45, 7) is 2.40. The number of furan rings is 1. The van der Waals surface area contributed by atoms with Gasteiger partial charge in [-0.3, -0.25) is 0 Å². The Hall–Kier alpha value is -1.70.